The molecule has 0 aliphatic carbocycles. The molecule has 0 aromatic carbocycles. The summed E-state index contributed by atoms with van der Waals surface area (Å²) >= 11 is 3.06. The Bertz CT molecular complexity index is 438. The van der Waals surface area contributed by atoms with E-state index in [0.29, 0.717) is 24.3 Å². The van der Waals surface area contributed by atoms with E-state index in [1.165, 1.54) is 11.8 Å². The van der Waals surface area contributed by atoms with Crippen LogP contribution in [-0.2, 0) is 14.4 Å². The first kappa shape index (κ1) is 24.1. The Kier molecular flexibility index (Phi) is 12.8. The maximum atomic E-state index is 12.5. The van der Waals surface area contributed by atoms with E-state index in [4.69, 9.17) is 5.73 Å². The lowest BCUT2D eigenvalue weighted by molar-refractivity contribution is -0.142. The zero-order valence-corrected chi connectivity index (χ0v) is 17.0. The molecule has 0 bridgehead atoms. The van der Waals surface area contributed by atoms with Gasteiger partial charge in [-0.1, -0.05) is 20.3 Å². The van der Waals surface area contributed by atoms with Gasteiger partial charge in [0.2, 0.25) is 11.8 Å². The van der Waals surface area contributed by atoms with Gasteiger partial charge >= 0.3 is 5.97 Å². The Hall–Kier alpha value is -0.930. The lowest BCUT2D eigenvalue weighted by Crippen LogP contribution is -2.55. The largest absolute Gasteiger partial charge is 0.480 e. The molecule has 4 atom stereocenters. The summed E-state index contributed by atoms with van der Waals surface area (Å²) in [6, 6.07) is -2.44. The van der Waals surface area contributed by atoms with Crippen LogP contribution in [0.5, 0.6) is 0 Å². The van der Waals surface area contributed by atoms with Crippen molar-refractivity contribution in [3.63, 3.8) is 0 Å². The third-order valence-electron chi connectivity index (χ3n) is 4.03. The van der Waals surface area contributed by atoms with E-state index >= 15 is 0 Å². The normalized spacial score (nSPS) is 15.7. The summed E-state index contributed by atoms with van der Waals surface area (Å²) in [5, 5.41) is 14.5. The second kappa shape index (κ2) is 13.3. The molecule has 0 unspecified atom stereocenters. The average Bonchev–Trinajstić information content (AvgIpc) is 2.59. The zero-order valence-electron chi connectivity index (χ0n) is 15.4. The highest BCUT2D eigenvalue weighted by Gasteiger charge is 2.28. The molecule has 0 aliphatic heterocycles. The second-order valence-corrected chi connectivity index (χ2v) is 7.91. The summed E-state index contributed by atoms with van der Waals surface area (Å²) < 4.78 is 0. The van der Waals surface area contributed by atoms with Gasteiger partial charge < -0.3 is 21.5 Å². The van der Waals surface area contributed by atoms with Gasteiger partial charge in [-0.05, 0) is 42.8 Å². The number of carbonyl (C=O) groups is 3. The zero-order chi connectivity index (χ0) is 19.4. The predicted octanol–water partition coefficient (Wildman–Crippen LogP) is 0.920. The van der Waals surface area contributed by atoms with Crippen molar-refractivity contribution in [2.24, 2.45) is 11.7 Å². The van der Waals surface area contributed by atoms with Crippen LogP contribution in [0.25, 0.3) is 0 Å². The summed E-state index contributed by atoms with van der Waals surface area (Å²) in [5.41, 5.74) is 5.92. The van der Waals surface area contributed by atoms with E-state index < -0.39 is 30.0 Å². The van der Waals surface area contributed by atoms with Crippen LogP contribution >= 0.6 is 23.5 Å². The number of thioether (sulfide) groups is 2. The maximum Gasteiger partial charge on any atom is 0.326 e. The highest BCUT2D eigenvalue weighted by molar-refractivity contribution is 7.98. The number of nitrogens with two attached hydrogens (primary N) is 1. The van der Waals surface area contributed by atoms with E-state index in [1.807, 2.05) is 26.4 Å². The Labute approximate surface area is 158 Å². The van der Waals surface area contributed by atoms with Gasteiger partial charge in [0.15, 0.2) is 0 Å². The maximum absolute atomic E-state index is 12.5. The van der Waals surface area contributed by atoms with Crippen molar-refractivity contribution in [3.8, 4) is 0 Å². The number of aliphatic carboxylic acids is 1. The molecule has 0 saturated heterocycles. The molecule has 0 fully saturated rings. The molecule has 7 nitrogen and oxygen atoms in total. The van der Waals surface area contributed by atoms with Crippen LogP contribution in [0.3, 0.4) is 0 Å². The molecule has 2 amide bonds. The molecule has 25 heavy (non-hydrogen) atoms. The van der Waals surface area contributed by atoms with E-state index in [0.717, 1.165) is 6.42 Å². The van der Waals surface area contributed by atoms with Crippen LogP contribution < -0.4 is 16.4 Å². The predicted molar refractivity (Wildman–Crippen MR) is 105 cm³/mol. The topological polar surface area (TPSA) is 122 Å². The van der Waals surface area contributed by atoms with Gasteiger partial charge in [0, 0.05) is 0 Å². The highest BCUT2D eigenvalue weighted by Crippen LogP contribution is 2.08. The van der Waals surface area contributed by atoms with Crippen LogP contribution in [-0.4, -0.2) is 65.0 Å². The summed E-state index contributed by atoms with van der Waals surface area (Å²) in [6.45, 7) is 3.82. The quantitative estimate of drug-likeness (QED) is 0.367. The first-order chi connectivity index (χ1) is 11.8. The summed E-state index contributed by atoms with van der Waals surface area (Å²) in [6.07, 6.45) is 5.28. The van der Waals surface area contributed by atoms with Crippen molar-refractivity contribution in [2.45, 2.75) is 51.2 Å². The Morgan fingerprint density at radius 2 is 1.48 bits per heavy atom. The number of rotatable bonds is 13. The van der Waals surface area contributed by atoms with Gasteiger partial charge in [0.05, 0.1) is 6.04 Å². The van der Waals surface area contributed by atoms with Gasteiger partial charge in [0.25, 0.3) is 0 Å². The lowest BCUT2D eigenvalue weighted by Gasteiger charge is -2.24. The molecule has 5 N–H and O–H groups in total. The Morgan fingerprint density at radius 1 is 1.00 bits per heavy atom. The third-order valence-corrected chi connectivity index (χ3v) is 5.32. The molecular formula is C16H31N3O4S2. The molecule has 0 aromatic rings. The number of carboxylic acid groups (broad SMARTS) is 1. The first-order valence-electron chi connectivity index (χ1n) is 8.35. The Morgan fingerprint density at radius 3 is 1.92 bits per heavy atom. The molecule has 0 aromatic heterocycles. The second-order valence-electron chi connectivity index (χ2n) is 5.93. The van der Waals surface area contributed by atoms with Gasteiger partial charge in [0.1, 0.15) is 12.1 Å². The van der Waals surface area contributed by atoms with Crippen molar-refractivity contribution in [3.05, 3.63) is 0 Å². The van der Waals surface area contributed by atoms with Gasteiger partial charge in [-0.25, -0.2) is 4.79 Å². The molecule has 0 saturated carbocycles. The molecule has 0 spiro atoms. The van der Waals surface area contributed by atoms with E-state index in [-0.39, 0.29) is 11.8 Å². The van der Waals surface area contributed by atoms with Crippen LogP contribution in [0.2, 0.25) is 0 Å². The number of nitrogens with one attached hydrogen (secondary N) is 2. The fourth-order valence-corrected chi connectivity index (χ4v) is 2.99. The number of amides is 2. The van der Waals surface area contributed by atoms with Crippen molar-refractivity contribution >= 4 is 41.3 Å². The van der Waals surface area contributed by atoms with Crippen LogP contribution in [0.1, 0.15) is 33.1 Å². The number of hydrogen-bond donors (Lipinski definition) is 4. The molecule has 0 radical (unpaired) electrons. The van der Waals surface area contributed by atoms with Gasteiger partial charge in [-0.2, -0.15) is 23.5 Å². The molecule has 0 rings (SSSR count). The molecule has 0 heterocycles. The summed E-state index contributed by atoms with van der Waals surface area (Å²) in [5.74, 6) is -0.651. The van der Waals surface area contributed by atoms with Gasteiger partial charge in [-0.15, -0.1) is 0 Å². The standard InChI is InChI=1S/C16H31N3O4S2/c1-5-10(2)13(17)15(21)18-11(6-8-24-3)14(20)19-12(16(22)23)7-9-25-4/h10-13H,5-9,17H2,1-4H3,(H,18,21)(H,19,20)(H,22,23)/t10-,11-,12-,13-/m0/s1. The smallest absolute Gasteiger partial charge is 0.326 e. The fraction of sp³-hybridized carbons (Fsp3) is 0.812. The SMILES string of the molecule is CC[C@H](C)[C@H](N)C(=O)N[C@@H](CCSC)C(=O)N[C@@H](CCSC)C(=O)O. The monoisotopic (exact) mass is 393 g/mol. The number of carboxylic acids is 1. The highest BCUT2D eigenvalue weighted by atomic mass is 32.2. The van der Waals surface area contributed by atoms with Crippen molar-refractivity contribution in [1.82, 2.24) is 10.6 Å². The van der Waals surface area contributed by atoms with Crippen molar-refractivity contribution in [1.29, 1.82) is 0 Å². The minimum atomic E-state index is -1.08. The lowest BCUT2D eigenvalue weighted by atomic mass is 9.99. The minimum Gasteiger partial charge on any atom is -0.480 e. The molecule has 0 aliphatic rings. The molecule has 146 valence electrons. The van der Waals surface area contributed by atoms with Gasteiger partial charge in [-0.3, -0.25) is 9.59 Å². The molecular weight excluding hydrogens is 362 g/mol. The van der Waals surface area contributed by atoms with Crippen molar-refractivity contribution in [2.75, 3.05) is 24.0 Å². The van der Waals surface area contributed by atoms with E-state index in [2.05, 4.69) is 10.6 Å². The van der Waals surface area contributed by atoms with Crippen LogP contribution in [0, 0.1) is 5.92 Å². The Balaban J connectivity index is 4.95. The number of carbonyl (C=O) groups excluding carboxylic acids is 2. The van der Waals surface area contributed by atoms with E-state index in [9.17, 15) is 19.5 Å². The average molecular weight is 394 g/mol. The summed E-state index contributed by atoms with van der Waals surface area (Å²) in [7, 11) is 0. The minimum absolute atomic E-state index is 0.00221. The number of hydrogen-bond acceptors (Lipinski definition) is 6. The first-order valence-corrected chi connectivity index (χ1v) is 11.1. The third kappa shape index (κ3) is 9.37. The van der Waals surface area contributed by atoms with Crippen LogP contribution in [0.15, 0.2) is 0 Å². The molecule has 9 heteroatoms. The van der Waals surface area contributed by atoms with Crippen LogP contribution in [0.4, 0.5) is 0 Å². The van der Waals surface area contributed by atoms with E-state index in [1.54, 1.807) is 11.8 Å². The van der Waals surface area contributed by atoms with Crippen molar-refractivity contribution < 1.29 is 19.5 Å². The summed E-state index contributed by atoms with van der Waals surface area (Å²) in [4.78, 5) is 36.0. The fourth-order valence-electron chi connectivity index (χ4n) is 2.05.